The summed E-state index contributed by atoms with van der Waals surface area (Å²) in [6.07, 6.45) is 3.38. The van der Waals surface area contributed by atoms with Crippen molar-refractivity contribution in [2.75, 3.05) is 11.9 Å². The van der Waals surface area contributed by atoms with Gasteiger partial charge in [0.1, 0.15) is 5.78 Å². The maximum atomic E-state index is 12.4. The van der Waals surface area contributed by atoms with Crippen molar-refractivity contribution in [3.8, 4) is 0 Å². The van der Waals surface area contributed by atoms with Crippen LogP contribution in [0.2, 0.25) is 0 Å². The van der Waals surface area contributed by atoms with Crippen LogP contribution in [0.4, 0.5) is 5.69 Å². The Balaban J connectivity index is 0.000000363. The number of anilines is 1. The van der Waals surface area contributed by atoms with Crippen LogP contribution in [0.15, 0.2) is 60.7 Å². The maximum Gasteiger partial charge on any atom is 0.229 e. The summed E-state index contributed by atoms with van der Waals surface area (Å²) in [6.45, 7) is 7.74. The van der Waals surface area contributed by atoms with Crippen molar-refractivity contribution in [1.29, 1.82) is 0 Å². The largest absolute Gasteiger partial charge is 0.315 e. The first-order valence-electron chi connectivity index (χ1n) is 10.3. The number of hydrogen-bond acceptors (Lipinski definition) is 2. The molecule has 0 aromatic heterocycles. The molecule has 1 aliphatic carbocycles. The lowest BCUT2D eigenvalue weighted by atomic mass is 9.80. The minimum atomic E-state index is 0.0702. The van der Waals surface area contributed by atoms with E-state index in [1.54, 1.807) is 11.8 Å². The Bertz CT molecular complexity index is 689. The number of benzene rings is 2. The number of para-hydroxylation sites is 1. The quantitative estimate of drug-likeness (QED) is 0.647. The second-order valence-corrected chi connectivity index (χ2v) is 7.05. The van der Waals surface area contributed by atoms with Gasteiger partial charge in [0.15, 0.2) is 0 Å². The number of carbonyl (C=O) groups excluding carboxylic acids is 2. The second-order valence-electron chi connectivity index (χ2n) is 7.05. The average molecular weight is 382 g/mol. The van der Waals surface area contributed by atoms with E-state index in [1.807, 2.05) is 69.4 Å². The molecule has 152 valence electrons. The third kappa shape index (κ3) is 7.67. The number of hydrogen-bond donors (Lipinski definition) is 0. The molecule has 3 rings (SSSR count). The van der Waals surface area contributed by atoms with Crippen molar-refractivity contribution in [3.05, 3.63) is 66.2 Å². The molecule has 2 aromatic carbocycles. The fraction of sp³-hybridized carbons (Fsp3) is 0.440. The fourth-order valence-electron chi connectivity index (χ4n) is 3.33. The van der Waals surface area contributed by atoms with Crippen LogP contribution in [-0.2, 0) is 9.59 Å². The third-order valence-corrected chi connectivity index (χ3v) is 5.07. The predicted molar refractivity (Wildman–Crippen MR) is 119 cm³/mol. The van der Waals surface area contributed by atoms with Gasteiger partial charge < -0.3 is 4.90 Å². The molecular weight excluding hydrogens is 346 g/mol. The standard InChI is InChI=1S/C16H21NO2.C7H8.C2H6/c1-12(18)13-8-10-14(11-9-13)16(19)17(2)15-6-4-3-5-7-15;1-7-5-3-2-4-6-7;1-2/h3-7,13-14H,8-11H2,1-2H3;2-6H,1H3;1-2H3. The zero-order chi connectivity index (χ0) is 20.9. The van der Waals surface area contributed by atoms with E-state index in [4.69, 9.17) is 0 Å². The van der Waals surface area contributed by atoms with Crippen LogP contribution in [0.3, 0.4) is 0 Å². The van der Waals surface area contributed by atoms with Crippen molar-refractivity contribution in [1.82, 2.24) is 0 Å². The third-order valence-electron chi connectivity index (χ3n) is 5.07. The minimum Gasteiger partial charge on any atom is -0.315 e. The molecule has 0 N–H and O–H groups in total. The molecule has 0 bridgehead atoms. The van der Waals surface area contributed by atoms with Gasteiger partial charge in [-0.2, -0.15) is 0 Å². The highest BCUT2D eigenvalue weighted by Crippen LogP contribution is 2.31. The summed E-state index contributed by atoms with van der Waals surface area (Å²) in [5.41, 5.74) is 2.25. The monoisotopic (exact) mass is 381 g/mol. The Hall–Kier alpha value is -2.42. The number of rotatable bonds is 3. The van der Waals surface area contributed by atoms with E-state index in [0.29, 0.717) is 0 Å². The van der Waals surface area contributed by atoms with Crippen LogP contribution in [0.25, 0.3) is 0 Å². The van der Waals surface area contributed by atoms with Crippen molar-refractivity contribution in [2.45, 2.75) is 53.4 Å². The van der Waals surface area contributed by atoms with Crippen LogP contribution in [-0.4, -0.2) is 18.7 Å². The molecule has 0 heterocycles. The summed E-state index contributed by atoms with van der Waals surface area (Å²) >= 11 is 0. The maximum absolute atomic E-state index is 12.4. The lowest BCUT2D eigenvalue weighted by Gasteiger charge is -2.29. The smallest absolute Gasteiger partial charge is 0.229 e. The molecule has 0 spiro atoms. The zero-order valence-corrected chi connectivity index (χ0v) is 18.0. The lowest BCUT2D eigenvalue weighted by molar-refractivity contribution is -0.126. The number of aryl methyl sites for hydroxylation is 1. The average Bonchev–Trinajstić information content (AvgIpc) is 2.76. The van der Waals surface area contributed by atoms with Crippen LogP contribution >= 0.6 is 0 Å². The van der Waals surface area contributed by atoms with Crippen molar-refractivity contribution < 1.29 is 9.59 Å². The molecule has 1 saturated carbocycles. The van der Waals surface area contributed by atoms with Crippen molar-refractivity contribution in [2.24, 2.45) is 11.8 Å². The molecule has 0 radical (unpaired) electrons. The van der Waals surface area contributed by atoms with Gasteiger partial charge in [-0.05, 0) is 51.7 Å². The Morgan fingerprint density at radius 2 is 1.21 bits per heavy atom. The van der Waals surface area contributed by atoms with Gasteiger partial charge in [-0.15, -0.1) is 0 Å². The Morgan fingerprint density at radius 3 is 1.61 bits per heavy atom. The van der Waals surface area contributed by atoms with Crippen LogP contribution < -0.4 is 4.90 Å². The molecule has 0 unspecified atom stereocenters. The first kappa shape index (κ1) is 23.6. The van der Waals surface area contributed by atoms with Gasteiger partial charge in [-0.3, -0.25) is 9.59 Å². The first-order chi connectivity index (χ1) is 13.5. The Morgan fingerprint density at radius 1 is 0.786 bits per heavy atom. The van der Waals surface area contributed by atoms with Gasteiger partial charge >= 0.3 is 0 Å². The Labute approximate surface area is 170 Å². The van der Waals surface area contributed by atoms with Crippen LogP contribution in [0, 0.1) is 18.8 Å². The summed E-state index contributed by atoms with van der Waals surface area (Å²) in [5.74, 6) is 0.683. The second kappa shape index (κ2) is 12.9. The van der Waals surface area contributed by atoms with E-state index in [-0.39, 0.29) is 23.5 Å². The van der Waals surface area contributed by atoms with E-state index in [0.717, 1.165) is 31.4 Å². The molecule has 1 aliphatic rings. The first-order valence-corrected chi connectivity index (χ1v) is 10.3. The lowest BCUT2D eigenvalue weighted by Crippen LogP contribution is -2.35. The van der Waals surface area contributed by atoms with E-state index in [1.165, 1.54) is 5.56 Å². The molecule has 28 heavy (non-hydrogen) atoms. The summed E-state index contributed by atoms with van der Waals surface area (Å²) in [6, 6.07) is 20.0. The highest BCUT2D eigenvalue weighted by Gasteiger charge is 2.30. The summed E-state index contributed by atoms with van der Waals surface area (Å²) in [7, 11) is 1.83. The van der Waals surface area contributed by atoms with Crippen molar-refractivity contribution >= 4 is 17.4 Å². The fourth-order valence-corrected chi connectivity index (χ4v) is 3.33. The van der Waals surface area contributed by atoms with E-state index in [9.17, 15) is 9.59 Å². The van der Waals surface area contributed by atoms with Gasteiger partial charge in [-0.25, -0.2) is 0 Å². The number of ketones is 1. The molecule has 0 atom stereocenters. The van der Waals surface area contributed by atoms with E-state index in [2.05, 4.69) is 19.1 Å². The minimum absolute atomic E-state index is 0.0702. The molecule has 2 aromatic rings. The normalized spacial score (nSPS) is 17.9. The summed E-state index contributed by atoms with van der Waals surface area (Å²) < 4.78 is 0. The molecule has 0 aliphatic heterocycles. The highest BCUT2D eigenvalue weighted by molar-refractivity contribution is 5.94. The number of amides is 1. The zero-order valence-electron chi connectivity index (χ0n) is 18.0. The van der Waals surface area contributed by atoms with E-state index < -0.39 is 0 Å². The molecule has 0 saturated heterocycles. The molecule has 1 fully saturated rings. The topological polar surface area (TPSA) is 37.4 Å². The van der Waals surface area contributed by atoms with Crippen molar-refractivity contribution in [3.63, 3.8) is 0 Å². The van der Waals surface area contributed by atoms with Gasteiger partial charge in [0.2, 0.25) is 5.91 Å². The molecular formula is C25H35NO2. The van der Waals surface area contributed by atoms with E-state index >= 15 is 0 Å². The number of carbonyl (C=O) groups is 2. The summed E-state index contributed by atoms with van der Waals surface area (Å²) in [5, 5.41) is 0. The number of nitrogens with zero attached hydrogens (tertiary/aromatic N) is 1. The van der Waals surface area contributed by atoms with Gasteiger partial charge in [-0.1, -0.05) is 67.9 Å². The molecule has 3 heteroatoms. The van der Waals surface area contributed by atoms with Crippen LogP contribution in [0.1, 0.15) is 52.0 Å². The highest BCUT2D eigenvalue weighted by atomic mass is 16.2. The molecule has 3 nitrogen and oxygen atoms in total. The van der Waals surface area contributed by atoms with Gasteiger partial charge in [0.05, 0.1) is 0 Å². The van der Waals surface area contributed by atoms with Gasteiger partial charge in [0.25, 0.3) is 0 Å². The number of Topliss-reactive ketones (excluding diaryl/α,β-unsaturated/α-hetero) is 1. The SMILES string of the molecule is CC.CC(=O)C1CCC(C(=O)N(C)c2ccccc2)CC1.Cc1ccccc1. The molecule has 1 amide bonds. The Kier molecular flexibility index (Phi) is 10.9. The van der Waals surface area contributed by atoms with Gasteiger partial charge in [0, 0.05) is 24.6 Å². The summed E-state index contributed by atoms with van der Waals surface area (Å²) in [4.78, 5) is 25.5. The predicted octanol–water partition coefficient (Wildman–Crippen LogP) is 6.07. The van der Waals surface area contributed by atoms with Crippen LogP contribution in [0.5, 0.6) is 0 Å².